The number of rotatable bonds is 7. The molecule has 0 bridgehead atoms. The molecule has 19 heavy (non-hydrogen) atoms. The standard InChI is InChI=1S/C16H24O2S/c1-4-6-7-8-16(15(17)5-2)19(18)14-11-9-13(3)10-12-14/h8-12,15,17H,4-7H2,1-3H3/b16-8-/t15-,19?/m1/s1. The molecule has 0 spiro atoms. The van der Waals surface area contributed by atoms with Gasteiger partial charge in [-0.25, -0.2) is 4.21 Å². The van der Waals surface area contributed by atoms with E-state index >= 15 is 0 Å². The van der Waals surface area contributed by atoms with Crippen LogP contribution in [0.2, 0.25) is 0 Å². The molecule has 1 N–H and O–H groups in total. The predicted octanol–water partition coefficient (Wildman–Crippen LogP) is 3.95. The lowest BCUT2D eigenvalue weighted by Gasteiger charge is -2.13. The molecule has 3 heteroatoms. The van der Waals surface area contributed by atoms with E-state index in [0.29, 0.717) is 11.3 Å². The SMILES string of the molecule is CCCC/C=C(/[C@H](O)CC)S(=O)c1ccc(C)cc1. The molecule has 1 aromatic rings. The maximum Gasteiger partial charge on any atom is 0.0871 e. The maximum absolute atomic E-state index is 12.5. The van der Waals surface area contributed by atoms with E-state index in [1.165, 1.54) is 0 Å². The summed E-state index contributed by atoms with van der Waals surface area (Å²) < 4.78 is 12.5. The fraction of sp³-hybridized carbons (Fsp3) is 0.500. The third-order valence-corrected chi connectivity index (χ3v) is 4.63. The first-order chi connectivity index (χ1) is 9.10. The number of benzene rings is 1. The highest BCUT2D eigenvalue weighted by atomic mass is 32.2. The van der Waals surface area contributed by atoms with Crippen molar-refractivity contribution in [1.82, 2.24) is 0 Å². The molecular formula is C16H24O2S. The fourth-order valence-corrected chi connectivity index (χ4v) is 3.12. The molecule has 2 atom stereocenters. The number of aliphatic hydroxyl groups is 1. The third-order valence-electron chi connectivity index (χ3n) is 3.07. The Morgan fingerprint density at radius 3 is 2.47 bits per heavy atom. The van der Waals surface area contributed by atoms with Crippen molar-refractivity contribution in [3.63, 3.8) is 0 Å². The van der Waals surface area contributed by atoms with Gasteiger partial charge in [-0.05, 0) is 31.9 Å². The molecule has 0 aliphatic heterocycles. The van der Waals surface area contributed by atoms with Crippen molar-refractivity contribution in [2.75, 3.05) is 0 Å². The second kappa shape index (κ2) is 8.28. The topological polar surface area (TPSA) is 37.3 Å². The Morgan fingerprint density at radius 1 is 1.32 bits per heavy atom. The highest BCUT2D eigenvalue weighted by Gasteiger charge is 2.17. The highest BCUT2D eigenvalue weighted by Crippen LogP contribution is 2.21. The van der Waals surface area contributed by atoms with Gasteiger partial charge in [0.25, 0.3) is 0 Å². The van der Waals surface area contributed by atoms with Gasteiger partial charge in [-0.3, -0.25) is 0 Å². The van der Waals surface area contributed by atoms with Gasteiger partial charge in [-0.15, -0.1) is 0 Å². The highest BCUT2D eigenvalue weighted by molar-refractivity contribution is 7.89. The van der Waals surface area contributed by atoms with E-state index in [9.17, 15) is 9.32 Å². The minimum atomic E-state index is -1.25. The van der Waals surface area contributed by atoms with Gasteiger partial charge in [-0.2, -0.15) is 0 Å². The van der Waals surface area contributed by atoms with Crippen LogP contribution in [0.3, 0.4) is 0 Å². The number of aryl methyl sites for hydroxylation is 1. The lowest BCUT2D eigenvalue weighted by atomic mass is 10.2. The molecule has 0 saturated heterocycles. The Morgan fingerprint density at radius 2 is 1.95 bits per heavy atom. The zero-order valence-corrected chi connectivity index (χ0v) is 12.9. The van der Waals surface area contributed by atoms with Crippen LogP contribution in [0.1, 0.15) is 45.1 Å². The summed E-state index contributed by atoms with van der Waals surface area (Å²) >= 11 is 0. The molecule has 0 fully saturated rings. The first kappa shape index (κ1) is 16.1. The zero-order valence-electron chi connectivity index (χ0n) is 12.1. The summed E-state index contributed by atoms with van der Waals surface area (Å²) in [5, 5.41) is 10.0. The van der Waals surface area contributed by atoms with Gasteiger partial charge in [0, 0.05) is 9.80 Å². The lowest BCUT2D eigenvalue weighted by molar-refractivity contribution is 0.214. The first-order valence-corrected chi connectivity index (χ1v) is 8.11. The number of aliphatic hydroxyl groups excluding tert-OH is 1. The van der Waals surface area contributed by atoms with Gasteiger partial charge in [-0.1, -0.05) is 50.5 Å². The number of hydrogen-bond acceptors (Lipinski definition) is 2. The molecule has 0 aromatic heterocycles. The Balaban J connectivity index is 2.93. The zero-order chi connectivity index (χ0) is 14.3. The molecule has 2 nitrogen and oxygen atoms in total. The van der Waals surface area contributed by atoms with Crippen LogP contribution < -0.4 is 0 Å². The van der Waals surface area contributed by atoms with Crippen LogP contribution in [0, 0.1) is 6.92 Å². The van der Waals surface area contributed by atoms with Gasteiger partial charge in [0.05, 0.1) is 16.9 Å². The van der Waals surface area contributed by atoms with Crippen molar-refractivity contribution in [1.29, 1.82) is 0 Å². The average Bonchev–Trinajstić information content (AvgIpc) is 2.43. The van der Waals surface area contributed by atoms with Gasteiger partial charge < -0.3 is 5.11 Å². The summed E-state index contributed by atoms with van der Waals surface area (Å²) in [6.45, 7) is 6.04. The second-order valence-electron chi connectivity index (χ2n) is 4.75. The molecule has 1 aromatic carbocycles. The number of hydrogen-bond donors (Lipinski definition) is 1. The lowest BCUT2D eigenvalue weighted by Crippen LogP contribution is -2.13. The molecule has 0 saturated carbocycles. The summed E-state index contributed by atoms with van der Waals surface area (Å²) in [7, 11) is -1.25. The first-order valence-electron chi connectivity index (χ1n) is 6.96. The van der Waals surface area contributed by atoms with Crippen molar-refractivity contribution in [3.8, 4) is 0 Å². The van der Waals surface area contributed by atoms with Crippen LogP contribution in [0.4, 0.5) is 0 Å². The molecule has 106 valence electrons. The Labute approximate surface area is 119 Å². The molecule has 0 aliphatic rings. The van der Waals surface area contributed by atoms with Gasteiger partial charge in [0.15, 0.2) is 0 Å². The summed E-state index contributed by atoms with van der Waals surface area (Å²) in [5.41, 5.74) is 1.15. The Bertz CT molecular complexity index is 435. The molecule has 0 heterocycles. The maximum atomic E-state index is 12.5. The van der Waals surface area contributed by atoms with E-state index in [0.717, 1.165) is 29.7 Å². The van der Waals surface area contributed by atoms with E-state index < -0.39 is 16.9 Å². The van der Waals surface area contributed by atoms with Crippen LogP contribution in [0.25, 0.3) is 0 Å². The fourth-order valence-electron chi connectivity index (χ4n) is 1.78. The van der Waals surface area contributed by atoms with Crippen LogP contribution >= 0.6 is 0 Å². The van der Waals surface area contributed by atoms with Crippen molar-refractivity contribution in [3.05, 3.63) is 40.8 Å². The van der Waals surface area contributed by atoms with E-state index in [4.69, 9.17) is 0 Å². The Hall–Kier alpha value is -0.930. The van der Waals surface area contributed by atoms with Gasteiger partial charge in [0.1, 0.15) is 0 Å². The summed E-state index contributed by atoms with van der Waals surface area (Å²) in [4.78, 5) is 1.42. The molecule has 0 aliphatic carbocycles. The monoisotopic (exact) mass is 280 g/mol. The van der Waals surface area contributed by atoms with E-state index in [1.54, 1.807) is 0 Å². The summed E-state index contributed by atoms with van der Waals surface area (Å²) in [6, 6.07) is 7.66. The van der Waals surface area contributed by atoms with E-state index in [1.807, 2.05) is 44.2 Å². The molecule has 0 amide bonds. The smallest absolute Gasteiger partial charge is 0.0871 e. The molecular weight excluding hydrogens is 256 g/mol. The molecule has 1 rings (SSSR count). The Kier molecular flexibility index (Phi) is 7.03. The summed E-state index contributed by atoms with van der Waals surface area (Å²) in [5.74, 6) is 0. The van der Waals surface area contributed by atoms with Crippen LogP contribution in [0.5, 0.6) is 0 Å². The predicted molar refractivity (Wildman–Crippen MR) is 81.5 cm³/mol. The number of allylic oxidation sites excluding steroid dienone is 1. The third kappa shape index (κ3) is 4.92. The molecule has 0 radical (unpaired) electrons. The van der Waals surface area contributed by atoms with E-state index in [-0.39, 0.29) is 0 Å². The van der Waals surface area contributed by atoms with Crippen LogP contribution in [0.15, 0.2) is 40.1 Å². The minimum Gasteiger partial charge on any atom is -0.388 e. The largest absolute Gasteiger partial charge is 0.388 e. The molecule has 1 unspecified atom stereocenters. The summed E-state index contributed by atoms with van der Waals surface area (Å²) in [6.07, 6.45) is 4.97. The van der Waals surface area contributed by atoms with Crippen molar-refractivity contribution >= 4 is 10.8 Å². The van der Waals surface area contributed by atoms with Crippen molar-refractivity contribution in [2.45, 2.75) is 57.5 Å². The number of unbranched alkanes of at least 4 members (excludes halogenated alkanes) is 2. The minimum absolute atomic E-state index is 0.593. The van der Waals surface area contributed by atoms with Gasteiger partial charge >= 0.3 is 0 Å². The average molecular weight is 280 g/mol. The van der Waals surface area contributed by atoms with Crippen molar-refractivity contribution < 1.29 is 9.32 Å². The van der Waals surface area contributed by atoms with E-state index in [2.05, 4.69) is 6.92 Å². The van der Waals surface area contributed by atoms with Gasteiger partial charge in [0.2, 0.25) is 0 Å². The quantitative estimate of drug-likeness (QED) is 0.768. The van der Waals surface area contributed by atoms with Crippen molar-refractivity contribution in [2.24, 2.45) is 0 Å². The second-order valence-corrected chi connectivity index (χ2v) is 6.23. The van der Waals surface area contributed by atoms with Crippen LogP contribution in [-0.2, 0) is 10.8 Å². The van der Waals surface area contributed by atoms with Crippen LogP contribution in [-0.4, -0.2) is 15.4 Å². The normalized spacial score (nSPS) is 15.3.